The lowest BCUT2D eigenvalue weighted by Gasteiger charge is -2.08. The number of carbonyl (C=O) groups excluding carboxylic acids is 1. The molecule has 22 heavy (non-hydrogen) atoms. The first kappa shape index (κ1) is 16.3. The number of hydrogen-bond donors (Lipinski definition) is 3. The number of aromatic hydroxyl groups is 1. The van der Waals surface area contributed by atoms with Gasteiger partial charge in [-0.15, -0.1) is 0 Å². The second-order valence-corrected chi connectivity index (χ2v) is 5.55. The number of amides is 1. The van der Waals surface area contributed by atoms with Crippen molar-refractivity contribution in [3.05, 3.63) is 53.5 Å². The summed E-state index contributed by atoms with van der Waals surface area (Å²) in [6.45, 7) is 0.114. The Balaban J connectivity index is 2.06. The zero-order valence-electron chi connectivity index (χ0n) is 11.6. The van der Waals surface area contributed by atoms with Crippen molar-refractivity contribution in [1.82, 2.24) is 4.98 Å². The van der Waals surface area contributed by atoms with E-state index in [0.29, 0.717) is 17.3 Å². The van der Waals surface area contributed by atoms with Crippen molar-refractivity contribution in [2.24, 2.45) is 0 Å². The average Bonchev–Trinajstić information content (AvgIpc) is 2.47. The molecule has 0 atom stereocenters. The number of rotatable bonds is 6. The molecule has 0 aliphatic heterocycles. The SMILES string of the molecule is O=C(Nc1cc(CSCCO)ccn1)c1ccc(F)cc1O. The number of halogens is 1. The summed E-state index contributed by atoms with van der Waals surface area (Å²) in [5.74, 6) is 0.0597. The Morgan fingerprint density at radius 2 is 2.14 bits per heavy atom. The molecule has 7 heteroatoms. The number of hydrogen-bond acceptors (Lipinski definition) is 5. The minimum atomic E-state index is -0.616. The minimum absolute atomic E-state index is 0.0248. The molecule has 5 nitrogen and oxygen atoms in total. The first-order valence-electron chi connectivity index (χ1n) is 6.53. The van der Waals surface area contributed by atoms with E-state index in [0.717, 1.165) is 17.7 Å². The van der Waals surface area contributed by atoms with Crippen molar-refractivity contribution in [2.75, 3.05) is 17.7 Å². The Kier molecular flexibility index (Phi) is 5.74. The molecule has 1 aromatic heterocycles. The second-order valence-electron chi connectivity index (χ2n) is 4.44. The Morgan fingerprint density at radius 3 is 2.86 bits per heavy atom. The normalized spacial score (nSPS) is 10.5. The second kappa shape index (κ2) is 7.77. The molecule has 0 fully saturated rings. The van der Waals surface area contributed by atoms with Crippen LogP contribution in [0.5, 0.6) is 5.75 Å². The Morgan fingerprint density at radius 1 is 1.32 bits per heavy atom. The smallest absolute Gasteiger partial charge is 0.260 e. The van der Waals surface area contributed by atoms with E-state index in [2.05, 4.69) is 10.3 Å². The number of nitrogens with one attached hydrogen (secondary N) is 1. The van der Waals surface area contributed by atoms with Gasteiger partial charge >= 0.3 is 0 Å². The van der Waals surface area contributed by atoms with Crippen molar-refractivity contribution in [3.8, 4) is 5.75 Å². The van der Waals surface area contributed by atoms with Crippen LogP contribution >= 0.6 is 11.8 Å². The van der Waals surface area contributed by atoms with Gasteiger partial charge in [0.05, 0.1) is 12.2 Å². The molecule has 1 aromatic carbocycles. The predicted molar refractivity (Wildman–Crippen MR) is 83.5 cm³/mol. The van der Waals surface area contributed by atoms with E-state index in [1.54, 1.807) is 24.0 Å². The summed E-state index contributed by atoms with van der Waals surface area (Å²) < 4.78 is 12.9. The zero-order chi connectivity index (χ0) is 15.9. The Bertz CT molecular complexity index is 667. The van der Waals surface area contributed by atoms with Gasteiger partial charge in [0, 0.05) is 23.8 Å². The highest BCUT2D eigenvalue weighted by atomic mass is 32.2. The molecule has 0 radical (unpaired) electrons. The third kappa shape index (κ3) is 4.44. The lowest BCUT2D eigenvalue weighted by atomic mass is 10.2. The number of phenolic OH excluding ortho intramolecular Hbond substituents is 1. The van der Waals surface area contributed by atoms with E-state index in [-0.39, 0.29) is 12.2 Å². The van der Waals surface area contributed by atoms with Gasteiger partial charge in [-0.3, -0.25) is 4.79 Å². The van der Waals surface area contributed by atoms with E-state index in [1.165, 1.54) is 6.07 Å². The maximum atomic E-state index is 12.9. The van der Waals surface area contributed by atoms with E-state index < -0.39 is 17.5 Å². The molecule has 3 N–H and O–H groups in total. The summed E-state index contributed by atoms with van der Waals surface area (Å²) in [5, 5.41) is 20.9. The topological polar surface area (TPSA) is 82.5 Å². The van der Waals surface area contributed by atoms with Crippen LogP contribution < -0.4 is 5.32 Å². The monoisotopic (exact) mass is 322 g/mol. The number of pyridine rings is 1. The number of benzene rings is 1. The highest BCUT2D eigenvalue weighted by molar-refractivity contribution is 7.98. The van der Waals surface area contributed by atoms with Crippen molar-refractivity contribution in [1.29, 1.82) is 0 Å². The maximum Gasteiger partial charge on any atom is 0.260 e. The van der Waals surface area contributed by atoms with Gasteiger partial charge in [-0.25, -0.2) is 9.37 Å². The van der Waals surface area contributed by atoms with Crippen LogP contribution in [0.15, 0.2) is 36.5 Å². The number of nitrogens with zero attached hydrogens (tertiary/aromatic N) is 1. The van der Waals surface area contributed by atoms with E-state index in [4.69, 9.17) is 5.11 Å². The van der Waals surface area contributed by atoms with Crippen molar-refractivity contribution >= 4 is 23.5 Å². The Labute approximate surface area is 131 Å². The van der Waals surface area contributed by atoms with Crippen LogP contribution in [0.1, 0.15) is 15.9 Å². The number of aliphatic hydroxyl groups excluding tert-OH is 1. The molecule has 0 saturated carbocycles. The molecule has 1 amide bonds. The first-order chi connectivity index (χ1) is 10.6. The summed E-state index contributed by atoms with van der Waals surface area (Å²) in [6, 6.07) is 6.72. The van der Waals surface area contributed by atoms with Gasteiger partial charge in [-0.1, -0.05) is 0 Å². The molecular weight excluding hydrogens is 307 g/mol. The van der Waals surface area contributed by atoms with Crippen LogP contribution in [-0.2, 0) is 5.75 Å². The van der Waals surface area contributed by atoms with Gasteiger partial charge in [0.1, 0.15) is 17.4 Å². The lowest BCUT2D eigenvalue weighted by molar-refractivity contribution is 0.102. The van der Waals surface area contributed by atoms with Crippen LogP contribution in [0, 0.1) is 5.82 Å². The molecule has 116 valence electrons. The van der Waals surface area contributed by atoms with Crippen molar-refractivity contribution in [3.63, 3.8) is 0 Å². The van der Waals surface area contributed by atoms with Gasteiger partial charge in [0.25, 0.3) is 5.91 Å². The van der Waals surface area contributed by atoms with Crippen molar-refractivity contribution < 1.29 is 19.4 Å². The van der Waals surface area contributed by atoms with Crippen LogP contribution in [0.2, 0.25) is 0 Å². The highest BCUT2D eigenvalue weighted by Gasteiger charge is 2.12. The van der Waals surface area contributed by atoms with Crippen LogP contribution in [0.25, 0.3) is 0 Å². The largest absolute Gasteiger partial charge is 0.507 e. The molecular formula is C15H15FN2O3S. The number of aliphatic hydroxyl groups is 1. The Hall–Kier alpha value is -2.12. The van der Waals surface area contributed by atoms with Crippen LogP contribution in [0.3, 0.4) is 0 Å². The number of carbonyl (C=O) groups is 1. The van der Waals surface area contributed by atoms with Gasteiger partial charge in [0.15, 0.2) is 0 Å². The predicted octanol–water partition coefficient (Wildman–Crippen LogP) is 2.40. The minimum Gasteiger partial charge on any atom is -0.507 e. The third-order valence-corrected chi connectivity index (χ3v) is 3.78. The maximum absolute atomic E-state index is 12.9. The summed E-state index contributed by atoms with van der Waals surface area (Å²) in [7, 11) is 0. The fourth-order valence-corrected chi connectivity index (χ4v) is 2.46. The molecule has 0 spiro atoms. The summed E-state index contributed by atoms with van der Waals surface area (Å²) in [4.78, 5) is 16.1. The summed E-state index contributed by atoms with van der Waals surface area (Å²) in [6.07, 6.45) is 1.56. The third-order valence-electron chi connectivity index (χ3n) is 2.77. The fourth-order valence-electron chi connectivity index (χ4n) is 1.77. The molecule has 2 aromatic rings. The quantitative estimate of drug-likeness (QED) is 0.712. The van der Waals surface area contributed by atoms with Gasteiger partial charge in [-0.05, 0) is 29.8 Å². The molecule has 1 heterocycles. The fraction of sp³-hybridized carbons (Fsp3) is 0.200. The first-order valence-corrected chi connectivity index (χ1v) is 7.69. The van der Waals surface area contributed by atoms with E-state index >= 15 is 0 Å². The lowest BCUT2D eigenvalue weighted by Crippen LogP contribution is -2.13. The number of aromatic nitrogens is 1. The summed E-state index contributed by atoms with van der Waals surface area (Å²) >= 11 is 1.56. The van der Waals surface area contributed by atoms with E-state index in [9.17, 15) is 14.3 Å². The number of phenols is 1. The molecule has 0 aliphatic carbocycles. The molecule has 0 aliphatic rings. The van der Waals surface area contributed by atoms with Crippen molar-refractivity contribution in [2.45, 2.75) is 5.75 Å². The van der Waals surface area contributed by atoms with Gasteiger partial charge in [0.2, 0.25) is 0 Å². The molecule has 0 saturated heterocycles. The van der Waals surface area contributed by atoms with Crippen LogP contribution in [0.4, 0.5) is 10.2 Å². The molecule has 2 rings (SSSR count). The highest BCUT2D eigenvalue weighted by Crippen LogP contribution is 2.20. The zero-order valence-corrected chi connectivity index (χ0v) is 12.4. The summed E-state index contributed by atoms with van der Waals surface area (Å²) in [5.41, 5.74) is 0.926. The van der Waals surface area contributed by atoms with Gasteiger partial charge in [-0.2, -0.15) is 11.8 Å². The molecule has 0 unspecified atom stereocenters. The van der Waals surface area contributed by atoms with E-state index in [1.807, 2.05) is 6.07 Å². The standard InChI is InChI=1S/C15H15FN2O3S/c16-11-1-2-12(13(20)8-11)15(21)18-14-7-10(3-4-17-14)9-22-6-5-19/h1-4,7-8,19-20H,5-6,9H2,(H,17,18,21). The number of thioether (sulfide) groups is 1. The van der Waals surface area contributed by atoms with Gasteiger partial charge < -0.3 is 15.5 Å². The average molecular weight is 322 g/mol. The van der Waals surface area contributed by atoms with Crippen LogP contribution in [-0.4, -0.2) is 33.5 Å². The molecule has 0 bridgehead atoms. The number of anilines is 1.